The monoisotopic (exact) mass is 215 g/mol. The fourth-order valence-electron chi connectivity index (χ4n) is 1.29. The van der Waals surface area contributed by atoms with Crippen LogP contribution in [0.2, 0.25) is 0 Å². The Morgan fingerprint density at radius 1 is 1.43 bits per heavy atom. The number of hydrogen-bond donors (Lipinski definition) is 0. The van der Waals surface area contributed by atoms with E-state index in [2.05, 4.69) is 13.8 Å². The van der Waals surface area contributed by atoms with Crippen LogP contribution in [0.25, 0.3) is 0 Å². The van der Waals surface area contributed by atoms with Crippen molar-refractivity contribution in [3.63, 3.8) is 0 Å². The van der Waals surface area contributed by atoms with Gasteiger partial charge in [-0.05, 0) is 26.0 Å². The van der Waals surface area contributed by atoms with Crippen LogP contribution < -0.4 is 4.90 Å². The van der Waals surface area contributed by atoms with Gasteiger partial charge in [0.25, 0.3) is 0 Å². The van der Waals surface area contributed by atoms with Gasteiger partial charge in [0.1, 0.15) is 5.82 Å². The Balaban J connectivity index is 3.13. The van der Waals surface area contributed by atoms with Crippen LogP contribution in [0.3, 0.4) is 0 Å². The maximum Gasteiger partial charge on any atom is 0.129 e. The molecule has 0 aliphatic rings. The summed E-state index contributed by atoms with van der Waals surface area (Å²) >= 11 is 5.72. The maximum absolute atomic E-state index is 13.4. The minimum Gasteiger partial charge on any atom is -0.372 e. The molecule has 0 heterocycles. The van der Waals surface area contributed by atoms with Gasteiger partial charge in [0, 0.05) is 24.3 Å². The molecule has 0 N–H and O–H groups in total. The van der Waals surface area contributed by atoms with Crippen LogP contribution in [-0.4, -0.2) is 13.1 Å². The quantitative estimate of drug-likeness (QED) is 0.699. The Morgan fingerprint density at radius 3 is 2.57 bits per heavy atom. The molecule has 0 aliphatic carbocycles. The summed E-state index contributed by atoms with van der Waals surface area (Å²) in [5.74, 6) is -0.0241. The van der Waals surface area contributed by atoms with E-state index in [4.69, 9.17) is 11.6 Å². The molecule has 14 heavy (non-hydrogen) atoms. The Labute approximate surface area is 89.5 Å². The van der Waals surface area contributed by atoms with Crippen molar-refractivity contribution in [2.75, 3.05) is 11.9 Å². The summed E-state index contributed by atoms with van der Waals surface area (Å²) in [7, 11) is 1.94. The Morgan fingerprint density at radius 2 is 2.07 bits per heavy atom. The normalized spacial score (nSPS) is 10.7. The van der Waals surface area contributed by atoms with E-state index < -0.39 is 0 Å². The number of halogens is 2. The minimum absolute atomic E-state index is 0.207. The Kier molecular flexibility index (Phi) is 3.76. The lowest BCUT2D eigenvalue weighted by Crippen LogP contribution is -2.26. The lowest BCUT2D eigenvalue weighted by molar-refractivity contribution is 0.614. The van der Waals surface area contributed by atoms with Crippen molar-refractivity contribution in [1.29, 1.82) is 0 Å². The summed E-state index contributed by atoms with van der Waals surface area (Å²) in [6, 6.07) is 5.37. The molecule has 0 atom stereocenters. The summed E-state index contributed by atoms with van der Waals surface area (Å²) < 4.78 is 13.4. The van der Waals surface area contributed by atoms with Gasteiger partial charge in [-0.2, -0.15) is 0 Å². The van der Waals surface area contributed by atoms with E-state index in [1.807, 2.05) is 18.0 Å². The maximum atomic E-state index is 13.4. The SMILES string of the molecule is CC(C)N(C)c1cccc(F)c1CCl. The second-order valence-electron chi connectivity index (χ2n) is 3.58. The van der Waals surface area contributed by atoms with E-state index in [9.17, 15) is 4.39 Å². The lowest BCUT2D eigenvalue weighted by Gasteiger charge is -2.26. The molecular formula is C11H15ClFN. The zero-order valence-electron chi connectivity index (χ0n) is 8.72. The van der Waals surface area contributed by atoms with Gasteiger partial charge in [0.2, 0.25) is 0 Å². The van der Waals surface area contributed by atoms with Gasteiger partial charge in [0.15, 0.2) is 0 Å². The molecule has 0 unspecified atom stereocenters. The predicted octanol–water partition coefficient (Wildman–Crippen LogP) is 3.41. The first-order chi connectivity index (χ1) is 6.57. The van der Waals surface area contributed by atoms with Crippen molar-refractivity contribution in [2.45, 2.75) is 25.8 Å². The summed E-state index contributed by atoms with van der Waals surface area (Å²) in [4.78, 5) is 2.01. The van der Waals surface area contributed by atoms with Gasteiger partial charge < -0.3 is 4.90 Å². The first kappa shape index (κ1) is 11.3. The van der Waals surface area contributed by atoms with E-state index >= 15 is 0 Å². The van der Waals surface area contributed by atoms with E-state index in [0.29, 0.717) is 11.6 Å². The molecule has 0 amide bonds. The molecule has 1 rings (SSSR count). The van der Waals surface area contributed by atoms with Crippen molar-refractivity contribution in [3.8, 4) is 0 Å². The molecule has 3 heteroatoms. The Bertz CT molecular complexity index is 312. The van der Waals surface area contributed by atoms with Crippen molar-refractivity contribution in [2.24, 2.45) is 0 Å². The third kappa shape index (κ3) is 2.18. The van der Waals surface area contributed by atoms with Crippen molar-refractivity contribution >= 4 is 17.3 Å². The molecule has 1 aromatic carbocycles. The van der Waals surface area contributed by atoms with Gasteiger partial charge in [0.05, 0.1) is 5.88 Å². The van der Waals surface area contributed by atoms with E-state index in [0.717, 1.165) is 5.69 Å². The van der Waals surface area contributed by atoms with Gasteiger partial charge in [-0.25, -0.2) is 4.39 Å². The molecule has 0 saturated carbocycles. The highest BCUT2D eigenvalue weighted by molar-refractivity contribution is 6.17. The molecule has 1 nitrogen and oxygen atoms in total. The summed E-state index contributed by atoms with van der Waals surface area (Å²) in [6.45, 7) is 4.12. The summed E-state index contributed by atoms with van der Waals surface area (Å²) in [6.07, 6.45) is 0. The summed E-state index contributed by atoms with van der Waals surface area (Å²) in [5, 5.41) is 0. The lowest BCUT2D eigenvalue weighted by atomic mass is 10.1. The third-order valence-corrected chi connectivity index (χ3v) is 2.65. The second kappa shape index (κ2) is 4.65. The topological polar surface area (TPSA) is 3.24 Å². The van der Waals surface area contributed by atoms with E-state index in [-0.39, 0.29) is 11.7 Å². The van der Waals surface area contributed by atoms with Crippen LogP contribution in [0.5, 0.6) is 0 Å². The number of hydrogen-bond acceptors (Lipinski definition) is 1. The van der Waals surface area contributed by atoms with Crippen LogP contribution in [0.4, 0.5) is 10.1 Å². The second-order valence-corrected chi connectivity index (χ2v) is 3.84. The fourth-order valence-corrected chi connectivity index (χ4v) is 1.55. The highest BCUT2D eigenvalue weighted by Gasteiger charge is 2.12. The first-order valence-corrected chi connectivity index (χ1v) is 5.17. The zero-order valence-corrected chi connectivity index (χ0v) is 9.48. The number of benzene rings is 1. The standard InChI is InChI=1S/C11H15ClFN/c1-8(2)14(3)11-6-4-5-10(13)9(11)7-12/h4-6,8H,7H2,1-3H3. The highest BCUT2D eigenvalue weighted by atomic mass is 35.5. The molecule has 0 fully saturated rings. The predicted molar refractivity (Wildman–Crippen MR) is 59.5 cm³/mol. The van der Waals surface area contributed by atoms with Crippen molar-refractivity contribution < 1.29 is 4.39 Å². The molecule has 0 aliphatic heterocycles. The molecule has 0 radical (unpaired) electrons. The zero-order chi connectivity index (χ0) is 10.7. The van der Waals surface area contributed by atoms with Crippen LogP contribution in [-0.2, 0) is 5.88 Å². The Hall–Kier alpha value is -0.760. The third-order valence-electron chi connectivity index (χ3n) is 2.38. The molecule has 0 bridgehead atoms. The van der Waals surface area contributed by atoms with E-state index in [1.54, 1.807) is 6.07 Å². The smallest absolute Gasteiger partial charge is 0.129 e. The molecule has 0 aromatic heterocycles. The molecular weight excluding hydrogens is 201 g/mol. The van der Waals surface area contributed by atoms with Crippen LogP contribution in [0.1, 0.15) is 19.4 Å². The van der Waals surface area contributed by atoms with Crippen LogP contribution >= 0.6 is 11.6 Å². The molecule has 0 saturated heterocycles. The average molecular weight is 216 g/mol. The number of anilines is 1. The van der Waals surface area contributed by atoms with E-state index in [1.165, 1.54) is 6.07 Å². The fraction of sp³-hybridized carbons (Fsp3) is 0.455. The minimum atomic E-state index is -0.231. The molecule has 0 spiro atoms. The van der Waals surface area contributed by atoms with Gasteiger partial charge in [-0.1, -0.05) is 6.07 Å². The molecule has 1 aromatic rings. The van der Waals surface area contributed by atoms with Gasteiger partial charge in [-0.3, -0.25) is 0 Å². The van der Waals surface area contributed by atoms with Crippen molar-refractivity contribution in [1.82, 2.24) is 0 Å². The highest BCUT2D eigenvalue weighted by Crippen LogP contribution is 2.25. The van der Waals surface area contributed by atoms with Gasteiger partial charge >= 0.3 is 0 Å². The van der Waals surface area contributed by atoms with Gasteiger partial charge in [-0.15, -0.1) is 11.6 Å². The first-order valence-electron chi connectivity index (χ1n) is 4.64. The molecule has 78 valence electrons. The van der Waals surface area contributed by atoms with Crippen molar-refractivity contribution in [3.05, 3.63) is 29.6 Å². The number of rotatable bonds is 3. The average Bonchev–Trinajstić information content (AvgIpc) is 2.16. The number of nitrogens with zero attached hydrogens (tertiary/aromatic N) is 1. The van der Waals surface area contributed by atoms with Crippen LogP contribution in [0, 0.1) is 5.82 Å². The largest absolute Gasteiger partial charge is 0.372 e. The summed E-state index contributed by atoms with van der Waals surface area (Å²) in [5.41, 5.74) is 1.44. The van der Waals surface area contributed by atoms with Crippen LogP contribution in [0.15, 0.2) is 18.2 Å². The number of alkyl halides is 1.